The zero-order valence-electron chi connectivity index (χ0n) is 22.3. The molecule has 1 aromatic carbocycles. The minimum atomic E-state index is -5.18. The first kappa shape index (κ1) is 30.5. The van der Waals surface area contributed by atoms with Crippen LogP contribution in [0, 0.1) is 22.7 Å². The van der Waals surface area contributed by atoms with E-state index >= 15 is 8.78 Å². The molecule has 7 nitrogen and oxygen atoms in total. The van der Waals surface area contributed by atoms with Gasteiger partial charge in [0.25, 0.3) is 5.92 Å². The van der Waals surface area contributed by atoms with Crippen LogP contribution in [0.5, 0.6) is 0 Å². The fraction of sp³-hybridized carbons (Fsp3) is 0.667. The maximum absolute atomic E-state index is 16.0. The number of hydrogen-bond acceptors (Lipinski definition) is 5. The Morgan fingerprint density at radius 2 is 1.64 bits per heavy atom. The molecule has 4 aliphatic rings. The van der Waals surface area contributed by atoms with Crippen molar-refractivity contribution in [1.82, 2.24) is 20.4 Å². The van der Waals surface area contributed by atoms with Crippen molar-refractivity contribution < 1.29 is 44.7 Å². The molecule has 2 atom stereocenters. The van der Waals surface area contributed by atoms with Crippen LogP contribution < -0.4 is 10.6 Å². The number of hydrogen-bond donors (Lipinski definition) is 2. The minimum absolute atomic E-state index is 0.102. The molecule has 42 heavy (non-hydrogen) atoms. The third-order valence-corrected chi connectivity index (χ3v) is 8.77. The summed E-state index contributed by atoms with van der Waals surface area (Å²) in [7, 11) is 0. The van der Waals surface area contributed by atoms with Crippen LogP contribution in [0.3, 0.4) is 0 Å². The van der Waals surface area contributed by atoms with Crippen molar-refractivity contribution in [3.63, 3.8) is 0 Å². The van der Waals surface area contributed by atoms with E-state index in [1.54, 1.807) is 0 Å². The lowest BCUT2D eigenvalue weighted by molar-refractivity contribution is -0.199. The predicted molar refractivity (Wildman–Crippen MR) is 131 cm³/mol. The summed E-state index contributed by atoms with van der Waals surface area (Å²) in [5.41, 5.74) is -6.93. The van der Waals surface area contributed by atoms with Crippen molar-refractivity contribution >= 4 is 11.8 Å². The van der Waals surface area contributed by atoms with Crippen molar-refractivity contribution in [3.05, 3.63) is 34.9 Å². The topological polar surface area (TPSA) is 88.5 Å². The highest BCUT2D eigenvalue weighted by Gasteiger charge is 2.71. The fourth-order valence-electron chi connectivity index (χ4n) is 5.86. The summed E-state index contributed by atoms with van der Waals surface area (Å²) < 4.78 is 116. The number of piperazine rings is 1. The molecule has 0 radical (unpaired) electrons. The molecule has 0 unspecified atom stereocenters. The second-order valence-corrected chi connectivity index (χ2v) is 11.7. The molecular weight excluding hydrogens is 578 g/mol. The monoisotopic (exact) mass is 607 g/mol. The number of nitrogens with one attached hydrogen (secondary N) is 2. The van der Waals surface area contributed by atoms with Crippen LogP contribution in [-0.2, 0) is 28.2 Å². The van der Waals surface area contributed by atoms with Crippen molar-refractivity contribution in [2.24, 2.45) is 11.3 Å². The van der Waals surface area contributed by atoms with Gasteiger partial charge in [0.1, 0.15) is 17.0 Å². The molecule has 2 aliphatic heterocycles. The number of nitriles is 1. The standard InChI is InChI=1S/C27H29F8N5O2/c28-25(29,18-2-1-16(11-19(18)26(30,31)32)13-39-9-7-37-8-10-39)17-12-20(21(41)38-23(15-36)3-4-23)40(14-17)22(42)24(5-6-24)27(33,34)35/h1-2,11,17,20,37H,3-10,12-14H2,(H,38,41)/t17-,20+/m1/s1. The van der Waals surface area contributed by atoms with E-state index in [2.05, 4.69) is 10.6 Å². The lowest BCUT2D eigenvalue weighted by Gasteiger charge is -2.30. The predicted octanol–water partition coefficient (Wildman–Crippen LogP) is 3.93. The quantitative estimate of drug-likeness (QED) is 0.459. The highest BCUT2D eigenvalue weighted by Crippen LogP contribution is 2.60. The number of amides is 2. The van der Waals surface area contributed by atoms with Crippen LogP contribution in [0.25, 0.3) is 0 Å². The zero-order valence-corrected chi connectivity index (χ0v) is 22.3. The van der Waals surface area contributed by atoms with Crippen LogP contribution >= 0.6 is 0 Å². The van der Waals surface area contributed by atoms with E-state index in [0.29, 0.717) is 43.2 Å². The van der Waals surface area contributed by atoms with E-state index < -0.39 is 89.9 Å². The van der Waals surface area contributed by atoms with Gasteiger partial charge >= 0.3 is 12.4 Å². The molecule has 2 saturated carbocycles. The molecule has 5 rings (SSSR count). The Hall–Kier alpha value is -2.99. The molecule has 2 amide bonds. The Bertz CT molecular complexity index is 1280. The summed E-state index contributed by atoms with van der Waals surface area (Å²) in [4.78, 5) is 28.5. The summed E-state index contributed by atoms with van der Waals surface area (Å²) in [6.45, 7) is 1.41. The molecule has 2 heterocycles. The fourth-order valence-corrected chi connectivity index (χ4v) is 5.86. The van der Waals surface area contributed by atoms with Gasteiger partial charge < -0.3 is 15.5 Å². The summed E-state index contributed by atoms with van der Waals surface area (Å²) in [6, 6.07) is 2.53. The first-order valence-corrected chi connectivity index (χ1v) is 13.7. The summed E-state index contributed by atoms with van der Waals surface area (Å²) >= 11 is 0. The van der Waals surface area contributed by atoms with Gasteiger partial charge in [0.2, 0.25) is 11.8 Å². The van der Waals surface area contributed by atoms with Crippen molar-refractivity contribution in [2.45, 2.75) is 68.5 Å². The minimum Gasteiger partial charge on any atom is -0.336 e. The number of nitrogens with zero attached hydrogens (tertiary/aromatic N) is 3. The third-order valence-electron chi connectivity index (χ3n) is 8.77. The van der Waals surface area contributed by atoms with E-state index in [1.807, 2.05) is 11.0 Å². The van der Waals surface area contributed by atoms with Gasteiger partial charge in [0.15, 0.2) is 0 Å². The number of alkyl halides is 8. The van der Waals surface area contributed by atoms with E-state index in [-0.39, 0.29) is 24.9 Å². The molecule has 0 spiro atoms. The number of rotatable bonds is 7. The Morgan fingerprint density at radius 1 is 1.00 bits per heavy atom. The van der Waals surface area contributed by atoms with Crippen LogP contribution in [0.15, 0.2) is 18.2 Å². The second-order valence-electron chi connectivity index (χ2n) is 11.7. The van der Waals surface area contributed by atoms with Crippen LogP contribution in [0.2, 0.25) is 0 Å². The molecule has 230 valence electrons. The van der Waals surface area contributed by atoms with Crippen molar-refractivity contribution in [1.29, 1.82) is 5.26 Å². The summed E-state index contributed by atoms with van der Waals surface area (Å²) in [5, 5.41) is 14.7. The maximum atomic E-state index is 16.0. The Balaban J connectivity index is 1.45. The van der Waals surface area contributed by atoms with Gasteiger partial charge in [0, 0.05) is 50.7 Å². The van der Waals surface area contributed by atoms with Gasteiger partial charge in [-0.05, 0) is 43.7 Å². The van der Waals surface area contributed by atoms with Crippen molar-refractivity contribution in [2.75, 3.05) is 32.7 Å². The molecule has 2 N–H and O–H groups in total. The zero-order chi connectivity index (χ0) is 30.7. The highest BCUT2D eigenvalue weighted by atomic mass is 19.4. The largest absolute Gasteiger partial charge is 0.416 e. The molecule has 0 aromatic heterocycles. The molecular formula is C27H29F8N5O2. The Kier molecular flexibility index (Phi) is 7.49. The van der Waals surface area contributed by atoms with E-state index in [0.717, 1.165) is 6.07 Å². The molecule has 2 saturated heterocycles. The number of halogens is 8. The third kappa shape index (κ3) is 5.55. The normalized spacial score (nSPS) is 25.5. The number of carbonyl (C=O) groups is 2. The number of benzene rings is 1. The Morgan fingerprint density at radius 3 is 2.17 bits per heavy atom. The first-order chi connectivity index (χ1) is 19.5. The molecule has 15 heteroatoms. The molecule has 1 aromatic rings. The average Bonchev–Trinajstić information content (AvgIpc) is 3.84. The smallest absolute Gasteiger partial charge is 0.336 e. The highest BCUT2D eigenvalue weighted by molar-refractivity contribution is 5.93. The lowest BCUT2D eigenvalue weighted by Crippen LogP contribution is -2.53. The molecule has 4 fully saturated rings. The number of likely N-dealkylation sites (tertiary alicyclic amines) is 1. The summed E-state index contributed by atoms with van der Waals surface area (Å²) in [5.74, 6) is -8.98. The lowest BCUT2D eigenvalue weighted by atomic mass is 9.88. The van der Waals surface area contributed by atoms with Crippen LogP contribution in [0.1, 0.15) is 48.8 Å². The van der Waals surface area contributed by atoms with Crippen LogP contribution in [0.4, 0.5) is 35.1 Å². The van der Waals surface area contributed by atoms with E-state index in [4.69, 9.17) is 0 Å². The van der Waals surface area contributed by atoms with Gasteiger partial charge in [0.05, 0.1) is 11.6 Å². The second kappa shape index (κ2) is 10.3. The van der Waals surface area contributed by atoms with Gasteiger partial charge in [-0.25, -0.2) is 8.78 Å². The SMILES string of the molecule is N#CC1(NC(=O)[C@@H]2C[C@@H](C(F)(F)c3ccc(CN4CCNCC4)cc3C(F)(F)F)CN2C(=O)C2(C(F)(F)F)CC2)CC1. The van der Waals surface area contributed by atoms with Gasteiger partial charge in [-0.2, -0.15) is 31.6 Å². The molecule has 0 bridgehead atoms. The Labute approximate surface area is 236 Å². The van der Waals surface area contributed by atoms with Gasteiger partial charge in [-0.1, -0.05) is 12.1 Å². The van der Waals surface area contributed by atoms with E-state index in [1.165, 1.54) is 0 Å². The molecule has 2 aliphatic carbocycles. The van der Waals surface area contributed by atoms with Crippen molar-refractivity contribution in [3.8, 4) is 6.07 Å². The van der Waals surface area contributed by atoms with Crippen LogP contribution in [-0.4, -0.2) is 72.1 Å². The number of carbonyl (C=O) groups excluding carboxylic acids is 2. The van der Waals surface area contributed by atoms with Gasteiger partial charge in [-0.15, -0.1) is 0 Å². The first-order valence-electron chi connectivity index (χ1n) is 13.7. The average molecular weight is 608 g/mol. The van der Waals surface area contributed by atoms with E-state index in [9.17, 15) is 41.2 Å². The summed E-state index contributed by atoms with van der Waals surface area (Å²) in [6.07, 6.45) is -11.8. The van der Waals surface area contributed by atoms with Gasteiger partial charge in [-0.3, -0.25) is 14.5 Å². The maximum Gasteiger partial charge on any atom is 0.416 e.